The summed E-state index contributed by atoms with van der Waals surface area (Å²) in [5.74, 6) is -1.37. The molecule has 10 heavy (non-hydrogen) atoms. The number of piperidine rings is 1. The molecule has 1 rings (SSSR count). The highest BCUT2D eigenvalue weighted by molar-refractivity contribution is 5.72. The minimum Gasteiger partial charge on any atom is -0.542 e. The Morgan fingerprint density at radius 2 is 2.30 bits per heavy atom. The number of carbonyl (C=O) groups excluding carboxylic acids is 1. The second kappa shape index (κ2) is 2.56. The van der Waals surface area contributed by atoms with Crippen LogP contribution in [0.1, 0.15) is 19.3 Å². The summed E-state index contributed by atoms with van der Waals surface area (Å²) in [6.45, 7) is 0.671. The zero-order valence-corrected chi connectivity index (χ0v) is 5.67. The summed E-state index contributed by atoms with van der Waals surface area (Å²) >= 11 is 0. The Balaban J connectivity index is 2.56. The van der Waals surface area contributed by atoms with Gasteiger partial charge < -0.3 is 20.3 Å². The molecule has 58 valence electrons. The van der Waals surface area contributed by atoms with Crippen molar-refractivity contribution in [1.29, 1.82) is 0 Å². The van der Waals surface area contributed by atoms with Gasteiger partial charge in [0.15, 0.2) is 0 Å². The van der Waals surface area contributed by atoms with E-state index < -0.39 is 11.7 Å². The number of quaternary nitrogens is 1. The third-order valence-corrected chi connectivity index (χ3v) is 1.85. The van der Waals surface area contributed by atoms with Gasteiger partial charge in [0.1, 0.15) is 5.97 Å². The van der Waals surface area contributed by atoms with E-state index in [1.807, 2.05) is 0 Å². The van der Waals surface area contributed by atoms with Gasteiger partial charge in [-0.05, 0) is 12.8 Å². The van der Waals surface area contributed by atoms with Crippen molar-refractivity contribution in [3.05, 3.63) is 0 Å². The van der Waals surface area contributed by atoms with E-state index in [1.165, 1.54) is 5.32 Å². The van der Waals surface area contributed by atoms with Crippen molar-refractivity contribution in [2.75, 3.05) is 6.54 Å². The topological polar surface area (TPSA) is 77.0 Å². The molecule has 0 bridgehead atoms. The lowest BCUT2D eigenvalue weighted by atomic mass is 10.0. The van der Waals surface area contributed by atoms with Crippen LogP contribution in [0.25, 0.3) is 0 Å². The van der Waals surface area contributed by atoms with Crippen LogP contribution in [0.15, 0.2) is 0 Å². The van der Waals surface area contributed by atoms with Crippen molar-refractivity contribution >= 4 is 5.97 Å². The Kier molecular flexibility index (Phi) is 1.92. The lowest BCUT2D eigenvalue weighted by molar-refractivity contribution is -0.765. The van der Waals surface area contributed by atoms with Crippen molar-refractivity contribution < 1.29 is 20.3 Å². The monoisotopic (exact) mass is 145 g/mol. The number of rotatable bonds is 1. The summed E-state index contributed by atoms with van der Waals surface area (Å²) < 4.78 is 0. The highest BCUT2D eigenvalue weighted by Crippen LogP contribution is 2.08. The molecule has 1 atom stereocenters. The molecule has 4 nitrogen and oxygen atoms in total. The predicted molar refractivity (Wildman–Crippen MR) is 30.6 cm³/mol. The van der Waals surface area contributed by atoms with Crippen LogP contribution in [0.3, 0.4) is 0 Å². The molecule has 0 saturated carbocycles. The molecule has 1 aliphatic heterocycles. The van der Waals surface area contributed by atoms with E-state index >= 15 is 0 Å². The second-order valence-corrected chi connectivity index (χ2v) is 2.66. The fourth-order valence-electron chi connectivity index (χ4n) is 1.17. The summed E-state index contributed by atoms with van der Waals surface area (Å²) in [5.41, 5.74) is -1.64. The molecular formula is C6H11NO3. The zero-order valence-electron chi connectivity index (χ0n) is 5.67. The van der Waals surface area contributed by atoms with Gasteiger partial charge in [-0.1, -0.05) is 0 Å². The molecule has 0 spiro atoms. The Labute approximate surface area is 58.9 Å². The van der Waals surface area contributed by atoms with Gasteiger partial charge in [-0.2, -0.15) is 0 Å². The van der Waals surface area contributed by atoms with E-state index in [-0.39, 0.29) is 0 Å². The molecular weight excluding hydrogens is 134 g/mol. The molecule has 1 fully saturated rings. The van der Waals surface area contributed by atoms with Crippen molar-refractivity contribution in [2.24, 2.45) is 0 Å². The maximum absolute atomic E-state index is 10.3. The average molecular weight is 145 g/mol. The Morgan fingerprint density at radius 3 is 2.60 bits per heavy atom. The average Bonchev–Trinajstić information content (AvgIpc) is 1.89. The van der Waals surface area contributed by atoms with Crippen molar-refractivity contribution in [3.63, 3.8) is 0 Å². The molecule has 0 aromatic heterocycles. The number of nitrogens with two attached hydrogens (primary N) is 1. The van der Waals surface area contributed by atoms with Crippen LogP contribution >= 0.6 is 0 Å². The standard InChI is InChI=1S/C6H11NO3/c8-5(9)6(10)3-1-2-4-7-6/h7,10H,1-4H2,(H,8,9). The molecule has 1 saturated heterocycles. The van der Waals surface area contributed by atoms with Gasteiger partial charge in [-0.25, -0.2) is 0 Å². The van der Waals surface area contributed by atoms with E-state index in [9.17, 15) is 15.0 Å². The Hall–Kier alpha value is -0.610. The molecule has 0 radical (unpaired) electrons. The van der Waals surface area contributed by atoms with Crippen LogP contribution in [-0.2, 0) is 4.79 Å². The zero-order chi connectivity index (χ0) is 7.61. The molecule has 0 aromatic rings. The van der Waals surface area contributed by atoms with Crippen LogP contribution in [0, 0.1) is 0 Å². The fraction of sp³-hybridized carbons (Fsp3) is 0.833. The first-order valence-electron chi connectivity index (χ1n) is 3.43. The molecule has 0 aliphatic carbocycles. The minimum atomic E-state index is -1.64. The number of carboxylic acids is 1. The van der Waals surface area contributed by atoms with Crippen LogP contribution < -0.4 is 10.4 Å². The van der Waals surface area contributed by atoms with Gasteiger partial charge in [-0.15, -0.1) is 0 Å². The van der Waals surface area contributed by atoms with Crippen molar-refractivity contribution in [2.45, 2.75) is 25.0 Å². The van der Waals surface area contributed by atoms with Gasteiger partial charge in [0, 0.05) is 6.42 Å². The Morgan fingerprint density at radius 1 is 1.60 bits per heavy atom. The van der Waals surface area contributed by atoms with Crippen molar-refractivity contribution in [3.8, 4) is 0 Å². The number of hydrogen-bond acceptors (Lipinski definition) is 3. The number of aliphatic carboxylic acids is 1. The first-order valence-corrected chi connectivity index (χ1v) is 3.43. The van der Waals surface area contributed by atoms with Crippen LogP contribution in [0.2, 0.25) is 0 Å². The highest BCUT2D eigenvalue weighted by Gasteiger charge is 2.34. The Bertz CT molecular complexity index is 140. The number of hydrogen-bond donors (Lipinski definition) is 2. The van der Waals surface area contributed by atoms with Crippen LogP contribution in [0.4, 0.5) is 0 Å². The molecule has 1 unspecified atom stereocenters. The smallest absolute Gasteiger partial charge is 0.239 e. The number of carboxylic acid groups (broad SMARTS) is 1. The molecule has 0 amide bonds. The summed E-state index contributed by atoms with van der Waals surface area (Å²) in [6, 6.07) is 0. The molecule has 0 aromatic carbocycles. The number of aliphatic hydroxyl groups is 1. The van der Waals surface area contributed by atoms with Gasteiger partial charge >= 0.3 is 0 Å². The SMILES string of the molecule is O=C([O-])C1(O)CCCC[NH2+]1. The summed E-state index contributed by atoms with van der Waals surface area (Å²) in [7, 11) is 0. The highest BCUT2D eigenvalue weighted by atomic mass is 16.4. The van der Waals surface area contributed by atoms with Crippen molar-refractivity contribution in [1.82, 2.24) is 0 Å². The van der Waals surface area contributed by atoms with E-state index in [4.69, 9.17) is 0 Å². The van der Waals surface area contributed by atoms with E-state index in [2.05, 4.69) is 0 Å². The van der Waals surface area contributed by atoms with E-state index in [0.717, 1.165) is 12.8 Å². The largest absolute Gasteiger partial charge is 0.542 e. The summed E-state index contributed by atoms with van der Waals surface area (Å²) in [6.07, 6.45) is 2.03. The van der Waals surface area contributed by atoms with Gasteiger partial charge in [-0.3, -0.25) is 0 Å². The number of carbonyl (C=O) groups is 1. The van der Waals surface area contributed by atoms with Gasteiger partial charge in [0.25, 0.3) is 0 Å². The molecule has 3 N–H and O–H groups in total. The van der Waals surface area contributed by atoms with Gasteiger partial charge in [0.2, 0.25) is 5.72 Å². The molecule has 4 heteroatoms. The first-order chi connectivity index (χ1) is 4.65. The molecule has 1 heterocycles. The quantitative estimate of drug-likeness (QED) is 0.417. The predicted octanol–water partition coefficient (Wildman–Crippen LogP) is -2.83. The normalized spacial score (nSPS) is 33.7. The van der Waals surface area contributed by atoms with E-state index in [1.54, 1.807) is 0 Å². The van der Waals surface area contributed by atoms with Crippen LogP contribution in [-0.4, -0.2) is 23.3 Å². The molecule has 1 aliphatic rings. The first kappa shape index (κ1) is 7.50. The summed E-state index contributed by atoms with van der Waals surface area (Å²) in [4.78, 5) is 10.3. The van der Waals surface area contributed by atoms with E-state index in [0.29, 0.717) is 13.0 Å². The van der Waals surface area contributed by atoms with Gasteiger partial charge in [0.05, 0.1) is 6.54 Å². The third-order valence-electron chi connectivity index (χ3n) is 1.85. The lowest BCUT2D eigenvalue weighted by Crippen LogP contribution is -3.01. The fourth-order valence-corrected chi connectivity index (χ4v) is 1.17. The third kappa shape index (κ3) is 1.27. The summed E-state index contributed by atoms with van der Waals surface area (Å²) in [5, 5.41) is 20.9. The second-order valence-electron chi connectivity index (χ2n) is 2.66. The van der Waals surface area contributed by atoms with Crippen LogP contribution in [0.5, 0.6) is 0 Å². The minimum absolute atomic E-state index is 0.301. The lowest BCUT2D eigenvalue weighted by Gasteiger charge is -2.29. The maximum Gasteiger partial charge on any atom is 0.239 e. The maximum atomic E-state index is 10.3.